The summed E-state index contributed by atoms with van der Waals surface area (Å²) in [6.07, 6.45) is 2.04. The maximum absolute atomic E-state index is 13.1. The molecule has 1 heterocycles. The highest BCUT2D eigenvalue weighted by Gasteiger charge is 2.33. The quantitative estimate of drug-likeness (QED) is 0.786. The molecule has 1 saturated heterocycles. The monoisotopic (exact) mass is 319 g/mol. The minimum absolute atomic E-state index is 0.0427. The van der Waals surface area contributed by atoms with E-state index in [1.54, 1.807) is 40.6 Å². The van der Waals surface area contributed by atoms with Crippen LogP contribution in [0.25, 0.3) is 0 Å². The molecule has 1 fully saturated rings. The summed E-state index contributed by atoms with van der Waals surface area (Å²) in [6, 6.07) is 14.3. The number of rotatable bonds is 3. The van der Waals surface area contributed by atoms with Crippen LogP contribution in [0.5, 0.6) is 0 Å². The van der Waals surface area contributed by atoms with Crippen molar-refractivity contribution in [3.63, 3.8) is 0 Å². The van der Waals surface area contributed by atoms with Gasteiger partial charge in [0.25, 0.3) is 0 Å². The molecular weight excluding hydrogens is 305 g/mol. The van der Waals surface area contributed by atoms with E-state index in [4.69, 9.17) is 0 Å². The molecule has 1 atom stereocenters. The SMILES string of the molecule is CSc1ccc(C2SCC(=O)N2c2ccc(F)cc2)cc1. The van der Waals surface area contributed by atoms with E-state index in [1.165, 1.54) is 17.0 Å². The molecule has 0 N–H and O–H groups in total. The highest BCUT2D eigenvalue weighted by Crippen LogP contribution is 2.41. The first-order valence-electron chi connectivity index (χ1n) is 6.52. The second-order valence-electron chi connectivity index (χ2n) is 4.68. The van der Waals surface area contributed by atoms with Crippen LogP contribution in [0.15, 0.2) is 53.4 Å². The molecule has 1 amide bonds. The summed E-state index contributed by atoms with van der Waals surface area (Å²) in [4.78, 5) is 15.1. The first kappa shape index (κ1) is 14.5. The Balaban J connectivity index is 1.93. The normalized spacial score (nSPS) is 18.3. The number of nitrogens with zero attached hydrogens (tertiary/aromatic N) is 1. The van der Waals surface area contributed by atoms with E-state index in [9.17, 15) is 9.18 Å². The third kappa shape index (κ3) is 2.94. The molecule has 5 heteroatoms. The predicted octanol–water partition coefficient (Wildman–Crippen LogP) is 4.33. The Hall–Kier alpha value is -1.46. The van der Waals surface area contributed by atoms with Gasteiger partial charge in [0, 0.05) is 10.6 Å². The molecule has 1 aliphatic rings. The predicted molar refractivity (Wildman–Crippen MR) is 87.3 cm³/mol. The van der Waals surface area contributed by atoms with Crippen LogP contribution in [-0.2, 0) is 4.79 Å². The Bertz CT molecular complexity index is 642. The van der Waals surface area contributed by atoms with Crippen LogP contribution in [0.2, 0.25) is 0 Å². The zero-order valence-electron chi connectivity index (χ0n) is 11.5. The second-order valence-corrected chi connectivity index (χ2v) is 6.62. The van der Waals surface area contributed by atoms with Gasteiger partial charge in [-0.3, -0.25) is 9.69 Å². The largest absolute Gasteiger partial charge is 0.295 e. The van der Waals surface area contributed by atoms with Gasteiger partial charge in [-0.05, 0) is 48.2 Å². The Kier molecular flexibility index (Phi) is 4.22. The van der Waals surface area contributed by atoms with Crippen molar-refractivity contribution in [1.29, 1.82) is 0 Å². The van der Waals surface area contributed by atoms with Gasteiger partial charge in [0.05, 0.1) is 5.75 Å². The molecule has 2 nitrogen and oxygen atoms in total. The fourth-order valence-electron chi connectivity index (χ4n) is 2.32. The molecule has 2 aromatic carbocycles. The van der Waals surface area contributed by atoms with Gasteiger partial charge in [-0.15, -0.1) is 23.5 Å². The molecule has 2 aromatic rings. The lowest BCUT2D eigenvalue weighted by Gasteiger charge is -2.24. The summed E-state index contributed by atoms with van der Waals surface area (Å²) in [7, 11) is 0. The van der Waals surface area contributed by atoms with Crippen LogP contribution in [-0.4, -0.2) is 17.9 Å². The second kappa shape index (κ2) is 6.12. The highest BCUT2D eigenvalue weighted by molar-refractivity contribution is 8.00. The number of benzene rings is 2. The van der Waals surface area contributed by atoms with Crippen LogP contribution in [0.4, 0.5) is 10.1 Å². The third-order valence-corrected chi connectivity index (χ3v) is 5.33. The number of hydrogen-bond acceptors (Lipinski definition) is 3. The third-order valence-electron chi connectivity index (χ3n) is 3.37. The zero-order chi connectivity index (χ0) is 14.8. The average molecular weight is 319 g/mol. The number of thioether (sulfide) groups is 2. The van der Waals surface area contributed by atoms with Gasteiger partial charge < -0.3 is 0 Å². The summed E-state index contributed by atoms with van der Waals surface area (Å²) < 4.78 is 13.1. The van der Waals surface area contributed by atoms with Crippen LogP contribution in [0, 0.1) is 5.82 Å². The molecular formula is C16H14FNOS2. The number of carbonyl (C=O) groups is 1. The molecule has 0 bridgehead atoms. The van der Waals surface area contributed by atoms with Crippen molar-refractivity contribution in [2.75, 3.05) is 16.9 Å². The van der Waals surface area contributed by atoms with Crippen molar-refractivity contribution in [1.82, 2.24) is 0 Å². The molecule has 0 spiro atoms. The minimum Gasteiger partial charge on any atom is -0.295 e. The molecule has 0 aromatic heterocycles. The first-order valence-corrected chi connectivity index (χ1v) is 8.79. The average Bonchev–Trinajstić information content (AvgIpc) is 2.90. The number of halogens is 1. The fraction of sp³-hybridized carbons (Fsp3) is 0.188. The van der Waals surface area contributed by atoms with E-state index in [0.29, 0.717) is 5.75 Å². The van der Waals surface area contributed by atoms with Crippen molar-refractivity contribution in [3.05, 3.63) is 59.9 Å². The summed E-state index contributed by atoms with van der Waals surface area (Å²) in [5, 5.41) is -0.0427. The van der Waals surface area contributed by atoms with Gasteiger partial charge in [-0.2, -0.15) is 0 Å². The van der Waals surface area contributed by atoms with E-state index in [0.717, 1.165) is 11.3 Å². The summed E-state index contributed by atoms with van der Waals surface area (Å²) >= 11 is 3.29. The van der Waals surface area contributed by atoms with Crippen LogP contribution in [0.3, 0.4) is 0 Å². The summed E-state index contributed by atoms with van der Waals surface area (Å²) in [6.45, 7) is 0. The van der Waals surface area contributed by atoms with E-state index < -0.39 is 0 Å². The van der Waals surface area contributed by atoms with Gasteiger partial charge in [-0.1, -0.05) is 12.1 Å². The van der Waals surface area contributed by atoms with Crippen molar-refractivity contribution < 1.29 is 9.18 Å². The lowest BCUT2D eigenvalue weighted by atomic mass is 10.2. The highest BCUT2D eigenvalue weighted by atomic mass is 32.2. The summed E-state index contributed by atoms with van der Waals surface area (Å²) in [5.74, 6) is 0.219. The van der Waals surface area contributed by atoms with Gasteiger partial charge >= 0.3 is 0 Å². The van der Waals surface area contributed by atoms with Gasteiger partial charge in [-0.25, -0.2) is 4.39 Å². The summed E-state index contributed by atoms with van der Waals surface area (Å²) in [5.41, 5.74) is 1.83. The van der Waals surface area contributed by atoms with Crippen molar-refractivity contribution in [2.45, 2.75) is 10.3 Å². The number of carbonyl (C=O) groups excluding carboxylic acids is 1. The molecule has 21 heavy (non-hydrogen) atoms. The molecule has 0 radical (unpaired) electrons. The topological polar surface area (TPSA) is 20.3 Å². The Labute approximate surface area is 131 Å². The van der Waals surface area contributed by atoms with E-state index in [2.05, 4.69) is 24.3 Å². The van der Waals surface area contributed by atoms with Crippen LogP contribution in [0.1, 0.15) is 10.9 Å². The van der Waals surface area contributed by atoms with E-state index in [1.807, 2.05) is 6.26 Å². The van der Waals surface area contributed by atoms with Crippen molar-refractivity contribution >= 4 is 35.1 Å². The number of amides is 1. The van der Waals surface area contributed by atoms with Gasteiger partial charge in [0.15, 0.2) is 0 Å². The Morgan fingerprint density at radius 2 is 1.81 bits per heavy atom. The Morgan fingerprint density at radius 3 is 2.43 bits per heavy atom. The van der Waals surface area contributed by atoms with Gasteiger partial charge in [0.1, 0.15) is 11.2 Å². The maximum Gasteiger partial charge on any atom is 0.238 e. The van der Waals surface area contributed by atoms with E-state index in [-0.39, 0.29) is 17.1 Å². The number of anilines is 1. The lowest BCUT2D eigenvalue weighted by molar-refractivity contribution is -0.115. The van der Waals surface area contributed by atoms with Crippen molar-refractivity contribution in [2.24, 2.45) is 0 Å². The van der Waals surface area contributed by atoms with Crippen molar-refractivity contribution in [3.8, 4) is 0 Å². The van der Waals surface area contributed by atoms with E-state index >= 15 is 0 Å². The van der Waals surface area contributed by atoms with Crippen LogP contribution < -0.4 is 4.90 Å². The molecule has 1 aliphatic heterocycles. The smallest absolute Gasteiger partial charge is 0.238 e. The molecule has 0 saturated carbocycles. The standard InChI is InChI=1S/C16H14FNOS2/c1-20-14-8-2-11(3-9-14)16-18(15(19)10-21-16)13-6-4-12(17)5-7-13/h2-9,16H,10H2,1H3. The maximum atomic E-state index is 13.1. The fourth-order valence-corrected chi connectivity index (χ4v) is 3.91. The Morgan fingerprint density at radius 1 is 1.14 bits per heavy atom. The minimum atomic E-state index is -0.293. The van der Waals surface area contributed by atoms with Gasteiger partial charge in [0.2, 0.25) is 5.91 Å². The molecule has 0 aliphatic carbocycles. The van der Waals surface area contributed by atoms with Crippen LogP contribution >= 0.6 is 23.5 Å². The molecule has 1 unspecified atom stereocenters. The first-order chi connectivity index (χ1) is 10.2. The zero-order valence-corrected chi connectivity index (χ0v) is 13.1. The number of hydrogen-bond donors (Lipinski definition) is 0. The molecule has 3 rings (SSSR count). The molecule has 108 valence electrons. The lowest BCUT2D eigenvalue weighted by Crippen LogP contribution is -2.27.